The van der Waals surface area contributed by atoms with Gasteiger partial charge in [0.2, 0.25) is 0 Å². The fraction of sp³-hybridized carbons (Fsp3) is 0.385. The van der Waals surface area contributed by atoms with Crippen LogP contribution in [0.2, 0.25) is 0 Å². The van der Waals surface area contributed by atoms with Crippen molar-refractivity contribution >= 4 is 17.0 Å². The number of benzene rings is 1. The molecule has 0 amide bonds. The standard InChI is InChI=1S/C13H14N2O4/c1-19-8-5-7(6-8)15-10-4-2-3-9(12(16)17)11(10)14-13(15)18/h2-4,7-8H,5-6H2,1H3,(H,14,18)(H,16,17). The number of aromatic amines is 1. The van der Waals surface area contributed by atoms with Gasteiger partial charge in [0.05, 0.1) is 22.7 Å². The highest BCUT2D eigenvalue weighted by Gasteiger charge is 2.32. The Labute approximate surface area is 108 Å². The second-order valence-corrected chi connectivity index (χ2v) is 4.79. The quantitative estimate of drug-likeness (QED) is 0.875. The molecule has 1 aliphatic rings. The number of imidazole rings is 1. The largest absolute Gasteiger partial charge is 0.478 e. The van der Waals surface area contributed by atoms with Crippen LogP contribution in [-0.4, -0.2) is 33.8 Å². The Balaban J connectivity index is 2.11. The molecule has 1 aromatic carbocycles. The minimum atomic E-state index is -1.04. The number of hydrogen-bond donors (Lipinski definition) is 2. The molecular formula is C13H14N2O4. The van der Waals surface area contributed by atoms with Crippen LogP contribution in [0.15, 0.2) is 23.0 Å². The monoisotopic (exact) mass is 262 g/mol. The Bertz CT molecular complexity index is 694. The van der Waals surface area contributed by atoms with Crippen LogP contribution in [0.3, 0.4) is 0 Å². The Morgan fingerprint density at radius 2 is 2.21 bits per heavy atom. The van der Waals surface area contributed by atoms with E-state index in [1.165, 1.54) is 6.07 Å². The first-order valence-electron chi connectivity index (χ1n) is 6.11. The van der Waals surface area contributed by atoms with Gasteiger partial charge in [-0.2, -0.15) is 0 Å². The van der Waals surface area contributed by atoms with E-state index in [0.717, 1.165) is 12.8 Å². The molecule has 0 spiro atoms. The molecule has 0 aliphatic heterocycles. The Morgan fingerprint density at radius 1 is 1.47 bits per heavy atom. The van der Waals surface area contributed by atoms with Crippen LogP contribution in [0.25, 0.3) is 11.0 Å². The second-order valence-electron chi connectivity index (χ2n) is 4.79. The van der Waals surface area contributed by atoms with Gasteiger partial charge in [0, 0.05) is 13.2 Å². The van der Waals surface area contributed by atoms with Gasteiger partial charge in [-0.1, -0.05) is 6.07 Å². The fourth-order valence-electron chi connectivity index (χ4n) is 2.63. The number of H-pyrrole nitrogens is 1. The number of para-hydroxylation sites is 1. The topological polar surface area (TPSA) is 84.3 Å². The third-order valence-electron chi connectivity index (χ3n) is 3.75. The maximum Gasteiger partial charge on any atom is 0.337 e. The molecule has 0 saturated heterocycles. The summed E-state index contributed by atoms with van der Waals surface area (Å²) in [7, 11) is 1.65. The number of nitrogens with zero attached hydrogens (tertiary/aromatic N) is 1. The molecule has 0 radical (unpaired) electrons. The summed E-state index contributed by atoms with van der Waals surface area (Å²) in [5.41, 5.74) is 0.893. The summed E-state index contributed by atoms with van der Waals surface area (Å²) in [6.45, 7) is 0. The zero-order valence-corrected chi connectivity index (χ0v) is 10.4. The molecule has 2 aromatic rings. The van der Waals surface area contributed by atoms with Gasteiger partial charge < -0.3 is 14.8 Å². The first-order valence-corrected chi connectivity index (χ1v) is 6.11. The molecule has 1 aliphatic carbocycles. The lowest BCUT2D eigenvalue weighted by molar-refractivity contribution is 0.00648. The van der Waals surface area contributed by atoms with E-state index in [1.807, 2.05) is 0 Å². The van der Waals surface area contributed by atoms with Crippen LogP contribution in [0.1, 0.15) is 29.2 Å². The van der Waals surface area contributed by atoms with Crippen molar-refractivity contribution in [1.82, 2.24) is 9.55 Å². The van der Waals surface area contributed by atoms with Gasteiger partial charge in [0.15, 0.2) is 0 Å². The molecule has 1 aromatic heterocycles. The Morgan fingerprint density at radius 3 is 2.84 bits per heavy atom. The van der Waals surface area contributed by atoms with Crippen LogP contribution in [0.5, 0.6) is 0 Å². The van der Waals surface area contributed by atoms with Crippen molar-refractivity contribution < 1.29 is 14.6 Å². The molecule has 0 atom stereocenters. The van der Waals surface area contributed by atoms with E-state index in [2.05, 4.69) is 4.98 Å². The van der Waals surface area contributed by atoms with Crippen LogP contribution >= 0.6 is 0 Å². The molecular weight excluding hydrogens is 248 g/mol. The maximum atomic E-state index is 12.0. The lowest BCUT2D eigenvalue weighted by Crippen LogP contribution is -2.36. The Hall–Kier alpha value is -2.08. The maximum absolute atomic E-state index is 12.0. The van der Waals surface area contributed by atoms with E-state index in [-0.39, 0.29) is 23.4 Å². The van der Waals surface area contributed by atoms with E-state index < -0.39 is 5.97 Å². The molecule has 2 N–H and O–H groups in total. The van der Waals surface area contributed by atoms with Gasteiger partial charge in [-0.05, 0) is 25.0 Å². The molecule has 0 unspecified atom stereocenters. The first-order chi connectivity index (χ1) is 9.11. The van der Waals surface area contributed by atoms with Crippen LogP contribution in [0, 0.1) is 0 Å². The predicted molar refractivity (Wildman–Crippen MR) is 68.6 cm³/mol. The molecule has 3 rings (SSSR count). The fourth-order valence-corrected chi connectivity index (χ4v) is 2.63. The zero-order chi connectivity index (χ0) is 13.6. The lowest BCUT2D eigenvalue weighted by atomic mass is 9.89. The van der Waals surface area contributed by atoms with Crippen LogP contribution < -0.4 is 5.69 Å². The predicted octanol–water partition coefficient (Wildman–Crippen LogP) is 1.38. The molecule has 1 saturated carbocycles. The molecule has 6 heteroatoms. The Kier molecular flexibility index (Phi) is 2.67. The van der Waals surface area contributed by atoms with Gasteiger partial charge in [0.25, 0.3) is 0 Å². The highest BCUT2D eigenvalue weighted by molar-refractivity contribution is 6.00. The van der Waals surface area contributed by atoms with Gasteiger partial charge >= 0.3 is 11.7 Å². The van der Waals surface area contributed by atoms with Gasteiger partial charge in [0.1, 0.15) is 0 Å². The number of aromatic nitrogens is 2. The van der Waals surface area contributed by atoms with Crippen molar-refractivity contribution in [2.45, 2.75) is 25.0 Å². The summed E-state index contributed by atoms with van der Waals surface area (Å²) in [5, 5.41) is 9.12. The number of carbonyl (C=O) groups is 1. The molecule has 19 heavy (non-hydrogen) atoms. The smallest absolute Gasteiger partial charge is 0.337 e. The highest BCUT2D eigenvalue weighted by Crippen LogP contribution is 2.35. The van der Waals surface area contributed by atoms with Crippen molar-refractivity contribution in [2.75, 3.05) is 7.11 Å². The van der Waals surface area contributed by atoms with E-state index >= 15 is 0 Å². The highest BCUT2D eigenvalue weighted by atomic mass is 16.5. The van der Waals surface area contributed by atoms with Crippen molar-refractivity contribution in [3.8, 4) is 0 Å². The molecule has 0 bridgehead atoms. The van der Waals surface area contributed by atoms with E-state index in [4.69, 9.17) is 9.84 Å². The minimum Gasteiger partial charge on any atom is -0.478 e. The number of aromatic carboxylic acids is 1. The molecule has 1 heterocycles. The van der Waals surface area contributed by atoms with Crippen molar-refractivity contribution in [3.05, 3.63) is 34.2 Å². The van der Waals surface area contributed by atoms with Crippen LogP contribution in [0.4, 0.5) is 0 Å². The summed E-state index contributed by atoms with van der Waals surface area (Å²) in [4.78, 5) is 25.8. The average Bonchev–Trinajstić information content (AvgIpc) is 2.64. The number of nitrogens with one attached hydrogen (secondary N) is 1. The molecule has 100 valence electrons. The molecule has 1 fully saturated rings. The van der Waals surface area contributed by atoms with Crippen molar-refractivity contribution in [3.63, 3.8) is 0 Å². The second kappa shape index (κ2) is 4.24. The number of carboxylic acids is 1. The summed E-state index contributed by atoms with van der Waals surface area (Å²) in [6.07, 6.45) is 1.74. The van der Waals surface area contributed by atoms with E-state index in [1.54, 1.807) is 23.8 Å². The number of rotatable bonds is 3. The number of methoxy groups -OCH3 is 1. The SMILES string of the molecule is COC1CC(n2c(=O)[nH]c3c(C(=O)O)cccc32)C1. The van der Waals surface area contributed by atoms with Gasteiger partial charge in [-0.15, -0.1) is 0 Å². The number of hydrogen-bond acceptors (Lipinski definition) is 3. The van der Waals surface area contributed by atoms with Gasteiger partial charge in [-0.25, -0.2) is 9.59 Å². The number of fused-ring (bicyclic) bond motifs is 1. The van der Waals surface area contributed by atoms with Crippen molar-refractivity contribution in [2.24, 2.45) is 0 Å². The zero-order valence-electron chi connectivity index (χ0n) is 10.4. The van der Waals surface area contributed by atoms with Gasteiger partial charge in [-0.3, -0.25) is 4.57 Å². The van der Waals surface area contributed by atoms with Crippen LogP contribution in [-0.2, 0) is 4.74 Å². The van der Waals surface area contributed by atoms with E-state index in [9.17, 15) is 9.59 Å². The van der Waals surface area contributed by atoms with Crippen molar-refractivity contribution in [1.29, 1.82) is 0 Å². The number of carboxylic acid groups (broad SMARTS) is 1. The number of ether oxygens (including phenoxy) is 1. The third kappa shape index (κ3) is 1.76. The first kappa shape index (κ1) is 12.0. The summed E-state index contributed by atoms with van der Waals surface area (Å²) in [6, 6.07) is 4.99. The third-order valence-corrected chi connectivity index (χ3v) is 3.75. The minimum absolute atomic E-state index is 0.0789. The summed E-state index contributed by atoms with van der Waals surface area (Å²) < 4.78 is 6.84. The average molecular weight is 262 g/mol. The molecule has 6 nitrogen and oxygen atoms in total. The normalized spacial score (nSPS) is 22.4. The summed E-state index contributed by atoms with van der Waals surface area (Å²) in [5.74, 6) is -1.04. The van der Waals surface area contributed by atoms with E-state index in [0.29, 0.717) is 11.0 Å². The summed E-state index contributed by atoms with van der Waals surface area (Å²) >= 11 is 0. The lowest BCUT2D eigenvalue weighted by Gasteiger charge is -2.34.